The Kier molecular flexibility index (Phi) is 4.74. The first-order chi connectivity index (χ1) is 8.56. The molecule has 6 heteroatoms. The molecular weight excluding hydrogens is 238 g/mol. The zero-order chi connectivity index (χ0) is 13.5. The second-order valence-corrected chi connectivity index (χ2v) is 3.21. The van der Waals surface area contributed by atoms with Gasteiger partial charge in [-0.25, -0.2) is 0 Å². The lowest BCUT2D eigenvalue weighted by Gasteiger charge is -2.10. The Morgan fingerprint density at radius 3 is 2.50 bits per heavy atom. The van der Waals surface area contributed by atoms with Crippen LogP contribution in [0.25, 0.3) is 0 Å². The van der Waals surface area contributed by atoms with Gasteiger partial charge in [-0.1, -0.05) is 0 Å². The first-order valence-corrected chi connectivity index (χ1v) is 4.99. The van der Waals surface area contributed by atoms with E-state index in [-0.39, 0.29) is 0 Å². The molecule has 96 valence electrons. The maximum Gasteiger partial charge on any atom is 0.248 e. The number of anilines is 1. The third-order valence-corrected chi connectivity index (χ3v) is 2.04. The molecule has 0 aliphatic rings. The van der Waals surface area contributed by atoms with Gasteiger partial charge in [0.1, 0.15) is 11.5 Å². The first-order valence-electron chi connectivity index (χ1n) is 4.99. The second kappa shape index (κ2) is 6.29. The monoisotopic (exact) mass is 250 g/mol. The van der Waals surface area contributed by atoms with Crippen molar-refractivity contribution in [1.82, 2.24) is 0 Å². The van der Waals surface area contributed by atoms with Crippen molar-refractivity contribution in [3.05, 3.63) is 30.4 Å². The zero-order valence-electron chi connectivity index (χ0n) is 9.93. The van der Waals surface area contributed by atoms with Gasteiger partial charge in [-0.05, 0) is 18.2 Å². The van der Waals surface area contributed by atoms with Crippen LogP contribution in [0.1, 0.15) is 0 Å². The van der Waals surface area contributed by atoms with E-state index in [0.29, 0.717) is 23.3 Å². The maximum absolute atomic E-state index is 11.4. The van der Waals surface area contributed by atoms with Gasteiger partial charge in [0.15, 0.2) is 0 Å². The van der Waals surface area contributed by atoms with E-state index in [1.54, 1.807) is 18.2 Å². The number of carbonyl (C=O) groups excluding carboxylic acids is 2. The minimum absolute atomic E-state index is 0.379. The van der Waals surface area contributed by atoms with E-state index in [1.165, 1.54) is 14.2 Å². The van der Waals surface area contributed by atoms with E-state index in [0.717, 1.165) is 6.08 Å². The Hall–Kier alpha value is -2.50. The van der Waals surface area contributed by atoms with Gasteiger partial charge in [0, 0.05) is 12.1 Å². The number of carboxylic acid groups (broad SMARTS) is 1. The quantitative estimate of drug-likeness (QED) is 0.740. The summed E-state index contributed by atoms with van der Waals surface area (Å²) in [6, 6.07) is 4.85. The van der Waals surface area contributed by atoms with Crippen molar-refractivity contribution in [3.63, 3.8) is 0 Å². The number of nitrogens with one attached hydrogen (secondary N) is 1. The van der Waals surface area contributed by atoms with Crippen LogP contribution >= 0.6 is 0 Å². The standard InChI is InChI=1S/C12H13NO5/c1-17-8-3-4-10(18-2)9(7-8)13-11(14)5-6-12(15)16/h3-7H,1-2H3,(H,13,14)(H,15,16)/p-1/b6-5+. The van der Waals surface area contributed by atoms with Crippen molar-refractivity contribution in [3.8, 4) is 11.5 Å². The van der Waals surface area contributed by atoms with Crippen LogP contribution in [0.5, 0.6) is 11.5 Å². The molecule has 0 fully saturated rings. The zero-order valence-corrected chi connectivity index (χ0v) is 9.93. The fourth-order valence-corrected chi connectivity index (χ4v) is 1.23. The largest absolute Gasteiger partial charge is 0.545 e. The van der Waals surface area contributed by atoms with Crippen molar-refractivity contribution >= 4 is 17.6 Å². The molecule has 0 bridgehead atoms. The van der Waals surface area contributed by atoms with Crippen LogP contribution < -0.4 is 19.9 Å². The molecule has 0 heterocycles. The highest BCUT2D eigenvalue weighted by Crippen LogP contribution is 2.28. The summed E-state index contributed by atoms with van der Waals surface area (Å²) in [6.45, 7) is 0. The van der Waals surface area contributed by atoms with Crippen LogP contribution in [0.4, 0.5) is 5.69 Å². The van der Waals surface area contributed by atoms with Gasteiger partial charge in [-0.3, -0.25) is 4.79 Å². The summed E-state index contributed by atoms with van der Waals surface area (Å²) in [5.41, 5.74) is 0.379. The van der Waals surface area contributed by atoms with Crippen LogP contribution in [0, 0.1) is 0 Å². The number of methoxy groups -OCH3 is 2. The highest BCUT2D eigenvalue weighted by molar-refractivity contribution is 6.02. The van der Waals surface area contributed by atoms with Crippen molar-refractivity contribution in [2.24, 2.45) is 0 Å². The molecule has 0 radical (unpaired) electrons. The Bertz CT molecular complexity index is 481. The summed E-state index contributed by atoms with van der Waals surface area (Å²) in [5.74, 6) is -1.07. The third-order valence-electron chi connectivity index (χ3n) is 2.04. The van der Waals surface area contributed by atoms with Gasteiger partial charge >= 0.3 is 0 Å². The molecule has 0 spiro atoms. The number of ether oxygens (including phenoxy) is 2. The van der Waals surface area contributed by atoms with Gasteiger partial charge in [0.25, 0.3) is 0 Å². The summed E-state index contributed by atoms with van der Waals surface area (Å²) >= 11 is 0. The smallest absolute Gasteiger partial charge is 0.248 e. The Morgan fingerprint density at radius 2 is 1.94 bits per heavy atom. The molecule has 1 rings (SSSR count). The number of carbonyl (C=O) groups is 2. The number of hydrogen-bond acceptors (Lipinski definition) is 5. The maximum atomic E-state index is 11.4. The van der Waals surface area contributed by atoms with E-state index >= 15 is 0 Å². The normalized spacial score (nSPS) is 10.1. The molecule has 1 amide bonds. The van der Waals surface area contributed by atoms with E-state index in [4.69, 9.17) is 9.47 Å². The van der Waals surface area contributed by atoms with Gasteiger partial charge in [0.2, 0.25) is 5.91 Å². The first kappa shape index (κ1) is 13.6. The molecule has 0 aromatic heterocycles. The van der Waals surface area contributed by atoms with Crippen LogP contribution in [0.2, 0.25) is 0 Å². The Labute approximate surface area is 104 Å². The molecule has 0 aliphatic carbocycles. The molecular formula is C12H12NO5-. The summed E-state index contributed by atoms with van der Waals surface area (Å²) in [4.78, 5) is 21.6. The fourth-order valence-electron chi connectivity index (χ4n) is 1.23. The third kappa shape index (κ3) is 3.82. The van der Waals surface area contributed by atoms with Gasteiger partial charge in [0.05, 0.1) is 25.9 Å². The Balaban J connectivity index is 2.88. The van der Waals surface area contributed by atoms with Crippen molar-refractivity contribution < 1.29 is 24.2 Å². The molecule has 0 aliphatic heterocycles. The SMILES string of the molecule is COc1ccc(OC)c(NC(=O)/C=C/C(=O)[O-])c1. The van der Waals surface area contributed by atoms with E-state index < -0.39 is 11.9 Å². The molecule has 0 saturated heterocycles. The highest BCUT2D eigenvalue weighted by atomic mass is 16.5. The lowest BCUT2D eigenvalue weighted by Crippen LogP contribution is -2.20. The van der Waals surface area contributed by atoms with Crippen LogP contribution in [0.3, 0.4) is 0 Å². The van der Waals surface area contributed by atoms with E-state index in [9.17, 15) is 14.7 Å². The van der Waals surface area contributed by atoms with Crippen molar-refractivity contribution in [1.29, 1.82) is 0 Å². The summed E-state index contributed by atoms with van der Waals surface area (Å²) in [5, 5.41) is 12.6. The van der Waals surface area contributed by atoms with E-state index in [1.807, 2.05) is 0 Å². The van der Waals surface area contributed by atoms with E-state index in [2.05, 4.69) is 5.32 Å². The average molecular weight is 250 g/mol. The topological polar surface area (TPSA) is 87.7 Å². The Morgan fingerprint density at radius 1 is 1.22 bits per heavy atom. The fraction of sp³-hybridized carbons (Fsp3) is 0.167. The molecule has 1 N–H and O–H groups in total. The summed E-state index contributed by atoms with van der Waals surface area (Å²) < 4.78 is 10.1. The second-order valence-electron chi connectivity index (χ2n) is 3.21. The van der Waals surface area contributed by atoms with Gasteiger partial charge < -0.3 is 24.7 Å². The number of amides is 1. The van der Waals surface area contributed by atoms with Crippen LogP contribution in [-0.2, 0) is 9.59 Å². The number of rotatable bonds is 5. The molecule has 0 saturated carbocycles. The van der Waals surface area contributed by atoms with Gasteiger partial charge in [-0.2, -0.15) is 0 Å². The molecule has 0 atom stereocenters. The number of carboxylic acids is 1. The van der Waals surface area contributed by atoms with Crippen LogP contribution in [-0.4, -0.2) is 26.1 Å². The van der Waals surface area contributed by atoms with Crippen molar-refractivity contribution in [2.75, 3.05) is 19.5 Å². The average Bonchev–Trinajstić information content (AvgIpc) is 2.36. The number of benzene rings is 1. The lowest BCUT2D eigenvalue weighted by atomic mass is 10.2. The minimum Gasteiger partial charge on any atom is -0.545 e. The van der Waals surface area contributed by atoms with Crippen LogP contribution in [0.15, 0.2) is 30.4 Å². The number of aliphatic carboxylic acids is 1. The minimum atomic E-state index is -1.44. The predicted molar refractivity (Wildman–Crippen MR) is 62.3 cm³/mol. The molecule has 0 unspecified atom stereocenters. The predicted octanol–water partition coefficient (Wildman–Crippen LogP) is -0.0516. The summed E-state index contributed by atoms with van der Waals surface area (Å²) in [6.07, 6.45) is 1.50. The van der Waals surface area contributed by atoms with Crippen molar-refractivity contribution in [2.45, 2.75) is 0 Å². The lowest BCUT2D eigenvalue weighted by molar-refractivity contribution is -0.297. The summed E-state index contributed by atoms with van der Waals surface area (Å²) in [7, 11) is 2.94. The highest BCUT2D eigenvalue weighted by Gasteiger charge is 2.06. The molecule has 1 aromatic carbocycles. The molecule has 1 aromatic rings. The molecule has 18 heavy (non-hydrogen) atoms. The number of hydrogen-bond donors (Lipinski definition) is 1. The van der Waals surface area contributed by atoms with Gasteiger partial charge in [-0.15, -0.1) is 0 Å². The molecule has 6 nitrogen and oxygen atoms in total.